The highest BCUT2D eigenvalue weighted by Crippen LogP contribution is 2.02. The molecule has 14 heavy (non-hydrogen) atoms. The van der Waals surface area contributed by atoms with Gasteiger partial charge < -0.3 is 5.32 Å². The van der Waals surface area contributed by atoms with Crippen LogP contribution in [0.5, 0.6) is 0 Å². The van der Waals surface area contributed by atoms with Crippen molar-refractivity contribution in [2.45, 2.75) is 0 Å². The molecule has 0 aliphatic carbocycles. The Labute approximate surface area is 80.4 Å². The van der Waals surface area contributed by atoms with E-state index in [0.717, 1.165) is 0 Å². The summed E-state index contributed by atoms with van der Waals surface area (Å²) in [4.78, 5) is 15.3. The normalized spacial score (nSPS) is 9.71. The van der Waals surface area contributed by atoms with Gasteiger partial charge in [0.05, 0.1) is 11.9 Å². The second-order valence-corrected chi connectivity index (χ2v) is 2.62. The van der Waals surface area contributed by atoms with E-state index in [0.29, 0.717) is 5.69 Å². The third-order valence-corrected chi connectivity index (χ3v) is 1.63. The first-order valence-corrected chi connectivity index (χ1v) is 4.07. The average Bonchev–Trinajstić information content (AvgIpc) is 2.72. The number of aromatic nitrogens is 3. The maximum Gasteiger partial charge on any atom is 0.346 e. The molecule has 1 N–H and O–H groups in total. The molecular weight excluding hydrogens is 180 g/mol. The van der Waals surface area contributed by atoms with Crippen LogP contribution in [0.15, 0.2) is 43.0 Å². The van der Waals surface area contributed by atoms with Gasteiger partial charge in [0, 0.05) is 18.6 Å². The number of hydrogen-bond acceptors (Lipinski definition) is 3. The van der Waals surface area contributed by atoms with Crippen molar-refractivity contribution in [3.05, 3.63) is 43.0 Å². The maximum atomic E-state index is 11.4. The summed E-state index contributed by atoms with van der Waals surface area (Å²) in [5, 5.41) is 6.44. The molecule has 2 rings (SSSR count). The molecule has 0 unspecified atom stereocenters. The van der Waals surface area contributed by atoms with E-state index in [9.17, 15) is 4.79 Å². The van der Waals surface area contributed by atoms with Crippen LogP contribution in [0.2, 0.25) is 0 Å². The standard InChI is InChI=1S/C9H8N4O/c14-9(13-6-2-5-11-13)12-8-3-1-4-10-7-8/h1-7H,(H,12,14). The number of pyridine rings is 1. The molecule has 0 atom stereocenters. The van der Waals surface area contributed by atoms with Gasteiger partial charge in [-0.15, -0.1) is 0 Å². The first-order valence-electron chi connectivity index (χ1n) is 4.07. The number of rotatable bonds is 1. The van der Waals surface area contributed by atoms with Gasteiger partial charge >= 0.3 is 6.03 Å². The third-order valence-electron chi connectivity index (χ3n) is 1.63. The minimum absolute atomic E-state index is 0.303. The topological polar surface area (TPSA) is 59.8 Å². The molecule has 0 saturated carbocycles. The minimum atomic E-state index is -0.303. The molecule has 1 amide bonds. The van der Waals surface area contributed by atoms with Gasteiger partial charge in [0.15, 0.2) is 0 Å². The smallest absolute Gasteiger partial charge is 0.305 e. The van der Waals surface area contributed by atoms with Crippen molar-refractivity contribution in [1.29, 1.82) is 0 Å². The summed E-state index contributed by atoms with van der Waals surface area (Å²) in [6, 6.07) is 4.89. The van der Waals surface area contributed by atoms with Gasteiger partial charge in [0.1, 0.15) is 0 Å². The fraction of sp³-hybridized carbons (Fsp3) is 0. The minimum Gasteiger partial charge on any atom is -0.305 e. The zero-order valence-corrected chi connectivity index (χ0v) is 7.29. The number of hydrogen-bond donors (Lipinski definition) is 1. The Morgan fingerprint density at radius 2 is 2.29 bits per heavy atom. The predicted molar refractivity (Wildman–Crippen MR) is 50.9 cm³/mol. The molecule has 5 nitrogen and oxygen atoms in total. The van der Waals surface area contributed by atoms with Crippen LogP contribution in [-0.2, 0) is 0 Å². The molecular formula is C9H8N4O. The van der Waals surface area contributed by atoms with Crippen LogP contribution < -0.4 is 5.32 Å². The molecule has 0 saturated heterocycles. The molecule has 2 heterocycles. The summed E-state index contributed by atoms with van der Waals surface area (Å²) < 4.78 is 1.22. The SMILES string of the molecule is O=C(Nc1cccnc1)n1cccn1. The van der Waals surface area contributed by atoms with Crippen molar-refractivity contribution in [2.75, 3.05) is 5.32 Å². The highest BCUT2D eigenvalue weighted by molar-refractivity contribution is 5.90. The summed E-state index contributed by atoms with van der Waals surface area (Å²) in [6.45, 7) is 0. The Kier molecular flexibility index (Phi) is 2.22. The van der Waals surface area contributed by atoms with E-state index in [2.05, 4.69) is 15.4 Å². The van der Waals surface area contributed by atoms with Crippen molar-refractivity contribution in [1.82, 2.24) is 14.8 Å². The van der Waals surface area contributed by atoms with Crippen molar-refractivity contribution < 1.29 is 4.79 Å². The molecule has 2 aromatic rings. The van der Waals surface area contributed by atoms with Gasteiger partial charge in [0.2, 0.25) is 0 Å². The van der Waals surface area contributed by atoms with Crippen LogP contribution in [0.4, 0.5) is 10.5 Å². The second-order valence-electron chi connectivity index (χ2n) is 2.62. The quantitative estimate of drug-likeness (QED) is 0.735. The van der Waals surface area contributed by atoms with Crippen LogP contribution in [0.1, 0.15) is 0 Å². The number of nitrogens with one attached hydrogen (secondary N) is 1. The van der Waals surface area contributed by atoms with Gasteiger partial charge in [-0.2, -0.15) is 9.78 Å². The lowest BCUT2D eigenvalue weighted by Crippen LogP contribution is -2.19. The Balaban J connectivity index is 2.10. The van der Waals surface area contributed by atoms with Crippen molar-refractivity contribution in [2.24, 2.45) is 0 Å². The molecule has 0 spiro atoms. The molecule has 0 aromatic carbocycles. The Bertz CT molecular complexity index is 410. The van der Waals surface area contributed by atoms with Crippen LogP contribution in [-0.4, -0.2) is 20.8 Å². The number of carbonyl (C=O) groups is 1. The van der Waals surface area contributed by atoms with E-state index >= 15 is 0 Å². The fourth-order valence-corrected chi connectivity index (χ4v) is 1.01. The molecule has 0 aliphatic rings. The molecule has 0 radical (unpaired) electrons. The summed E-state index contributed by atoms with van der Waals surface area (Å²) in [6.07, 6.45) is 6.33. The maximum absolute atomic E-state index is 11.4. The predicted octanol–water partition coefficient (Wildman–Crippen LogP) is 1.36. The summed E-state index contributed by atoms with van der Waals surface area (Å²) in [7, 11) is 0. The Morgan fingerprint density at radius 3 is 2.93 bits per heavy atom. The number of carbonyl (C=O) groups excluding carboxylic acids is 1. The van der Waals surface area contributed by atoms with Crippen LogP contribution in [0.25, 0.3) is 0 Å². The Hall–Kier alpha value is -2.17. The average molecular weight is 188 g/mol. The molecule has 0 aliphatic heterocycles. The summed E-state index contributed by atoms with van der Waals surface area (Å²) in [5.41, 5.74) is 0.646. The Morgan fingerprint density at radius 1 is 1.36 bits per heavy atom. The third kappa shape index (κ3) is 1.77. The van der Waals surface area contributed by atoms with Gasteiger partial charge in [-0.25, -0.2) is 4.79 Å². The van der Waals surface area contributed by atoms with Crippen molar-refractivity contribution in [3.8, 4) is 0 Å². The molecule has 0 bridgehead atoms. The molecule has 0 fully saturated rings. The van der Waals surface area contributed by atoms with Crippen molar-refractivity contribution >= 4 is 11.7 Å². The molecule has 5 heteroatoms. The highest BCUT2D eigenvalue weighted by Gasteiger charge is 2.03. The summed E-state index contributed by atoms with van der Waals surface area (Å²) in [5.74, 6) is 0. The van der Waals surface area contributed by atoms with Gasteiger partial charge in [-0.05, 0) is 18.2 Å². The lowest BCUT2D eigenvalue weighted by atomic mass is 10.4. The van der Waals surface area contributed by atoms with Gasteiger partial charge in [0.25, 0.3) is 0 Å². The van der Waals surface area contributed by atoms with E-state index in [1.807, 2.05) is 0 Å². The lowest BCUT2D eigenvalue weighted by Gasteiger charge is -2.02. The lowest BCUT2D eigenvalue weighted by molar-refractivity contribution is 0.251. The first kappa shape index (κ1) is 8.43. The van der Waals surface area contributed by atoms with E-state index in [4.69, 9.17) is 0 Å². The van der Waals surface area contributed by atoms with Gasteiger partial charge in [-0.1, -0.05) is 0 Å². The summed E-state index contributed by atoms with van der Waals surface area (Å²) >= 11 is 0. The highest BCUT2D eigenvalue weighted by atomic mass is 16.2. The molecule has 70 valence electrons. The monoisotopic (exact) mass is 188 g/mol. The van der Waals surface area contributed by atoms with E-state index in [-0.39, 0.29) is 6.03 Å². The van der Waals surface area contributed by atoms with Crippen molar-refractivity contribution in [3.63, 3.8) is 0 Å². The van der Waals surface area contributed by atoms with Crippen LogP contribution in [0, 0.1) is 0 Å². The zero-order valence-electron chi connectivity index (χ0n) is 7.29. The van der Waals surface area contributed by atoms with Crippen LogP contribution >= 0.6 is 0 Å². The number of nitrogens with zero attached hydrogens (tertiary/aromatic N) is 3. The van der Waals surface area contributed by atoms with E-state index in [1.54, 1.807) is 43.0 Å². The number of amides is 1. The zero-order chi connectivity index (χ0) is 9.80. The van der Waals surface area contributed by atoms with Gasteiger partial charge in [-0.3, -0.25) is 4.98 Å². The fourth-order valence-electron chi connectivity index (χ4n) is 1.01. The van der Waals surface area contributed by atoms with Crippen LogP contribution in [0.3, 0.4) is 0 Å². The molecule has 2 aromatic heterocycles. The first-order chi connectivity index (χ1) is 6.86. The van der Waals surface area contributed by atoms with E-state index < -0.39 is 0 Å². The second kappa shape index (κ2) is 3.69. The van der Waals surface area contributed by atoms with E-state index in [1.165, 1.54) is 4.68 Å². The number of anilines is 1. The largest absolute Gasteiger partial charge is 0.346 e.